The van der Waals surface area contributed by atoms with E-state index in [0.717, 1.165) is 6.07 Å². The summed E-state index contributed by atoms with van der Waals surface area (Å²) in [6, 6.07) is 3.51. The fourth-order valence-electron chi connectivity index (χ4n) is 1.13. The van der Waals surface area contributed by atoms with E-state index in [9.17, 15) is 12.8 Å². The topological polar surface area (TPSA) is 72.2 Å². The summed E-state index contributed by atoms with van der Waals surface area (Å²) >= 11 is 5.52. The van der Waals surface area contributed by atoms with Crippen LogP contribution in [0.5, 0.6) is 0 Å². The second-order valence-corrected chi connectivity index (χ2v) is 5.71. The van der Waals surface area contributed by atoms with Gasteiger partial charge < -0.3 is 5.73 Å². The van der Waals surface area contributed by atoms with E-state index in [-0.39, 0.29) is 17.6 Å². The highest BCUT2D eigenvalue weighted by Crippen LogP contribution is 2.21. The van der Waals surface area contributed by atoms with Crippen LogP contribution in [0.25, 0.3) is 0 Å². The summed E-state index contributed by atoms with van der Waals surface area (Å²) in [5, 5.41) is -0.229. The fourth-order valence-corrected chi connectivity index (χ4v) is 2.55. The van der Waals surface area contributed by atoms with Gasteiger partial charge in [0.2, 0.25) is 10.0 Å². The lowest BCUT2D eigenvalue weighted by molar-refractivity contribution is 0.546. The Bertz CT molecular complexity index is 493. The molecule has 17 heavy (non-hydrogen) atoms. The third-order valence-corrected chi connectivity index (χ3v) is 4.00. The highest BCUT2D eigenvalue weighted by atomic mass is 35.5. The van der Waals surface area contributed by atoms with E-state index < -0.39 is 20.7 Å². The molecule has 1 rings (SSSR count). The molecule has 0 saturated heterocycles. The Morgan fingerprint density at radius 1 is 1.53 bits per heavy atom. The van der Waals surface area contributed by atoms with Gasteiger partial charge in [0, 0.05) is 12.6 Å². The van der Waals surface area contributed by atoms with Crippen molar-refractivity contribution in [2.24, 2.45) is 5.73 Å². The normalized spacial score (nSPS) is 13.6. The second-order valence-electron chi connectivity index (χ2n) is 3.57. The standard InChI is InChI=1S/C10H14ClFN2O2S/c1-2-7(13)6-14-17(15,16)9-5-3-4-8(11)10(9)12/h3-5,7,14H,2,6,13H2,1H3. The number of hydrogen-bond acceptors (Lipinski definition) is 3. The van der Waals surface area contributed by atoms with E-state index in [1.54, 1.807) is 0 Å². The number of halogens is 2. The average molecular weight is 281 g/mol. The highest BCUT2D eigenvalue weighted by Gasteiger charge is 2.20. The Labute approximate surface area is 105 Å². The van der Waals surface area contributed by atoms with Gasteiger partial charge in [-0.1, -0.05) is 24.6 Å². The van der Waals surface area contributed by atoms with Gasteiger partial charge in [0.05, 0.1) is 5.02 Å². The van der Waals surface area contributed by atoms with Crippen LogP contribution in [0.3, 0.4) is 0 Å². The number of sulfonamides is 1. The van der Waals surface area contributed by atoms with Crippen LogP contribution >= 0.6 is 11.6 Å². The van der Waals surface area contributed by atoms with E-state index in [0.29, 0.717) is 6.42 Å². The van der Waals surface area contributed by atoms with Crippen molar-refractivity contribution in [1.29, 1.82) is 0 Å². The Balaban J connectivity index is 2.94. The van der Waals surface area contributed by atoms with Crippen molar-refractivity contribution < 1.29 is 12.8 Å². The zero-order chi connectivity index (χ0) is 13.1. The van der Waals surface area contributed by atoms with Crippen molar-refractivity contribution in [1.82, 2.24) is 4.72 Å². The van der Waals surface area contributed by atoms with Gasteiger partial charge in [-0.05, 0) is 18.6 Å². The first-order valence-electron chi connectivity index (χ1n) is 5.07. The summed E-state index contributed by atoms with van der Waals surface area (Å²) in [6.07, 6.45) is 0.626. The maximum absolute atomic E-state index is 13.5. The maximum atomic E-state index is 13.5. The quantitative estimate of drug-likeness (QED) is 0.858. The van der Waals surface area contributed by atoms with Gasteiger partial charge >= 0.3 is 0 Å². The minimum Gasteiger partial charge on any atom is -0.327 e. The van der Waals surface area contributed by atoms with Crippen molar-refractivity contribution >= 4 is 21.6 Å². The third-order valence-electron chi connectivity index (χ3n) is 2.27. The summed E-state index contributed by atoms with van der Waals surface area (Å²) in [5.74, 6) is -0.952. The summed E-state index contributed by atoms with van der Waals surface area (Å²) in [4.78, 5) is -0.465. The minimum absolute atomic E-state index is 0.0603. The van der Waals surface area contributed by atoms with Crippen LogP contribution in [0.1, 0.15) is 13.3 Å². The average Bonchev–Trinajstić information content (AvgIpc) is 2.29. The third kappa shape index (κ3) is 3.64. The summed E-state index contributed by atoms with van der Waals surface area (Å²) in [5.41, 5.74) is 5.58. The summed E-state index contributed by atoms with van der Waals surface area (Å²) in [6.45, 7) is 1.89. The molecule has 0 aliphatic heterocycles. The molecule has 0 aliphatic rings. The monoisotopic (exact) mass is 280 g/mol. The predicted molar refractivity (Wildman–Crippen MR) is 64.9 cm³/mol. The predicted octanol–water partition coefficient (Wildman–Crippen LogP) is 1.49. The summed E-state index contributed by atoms with van der Waals surface area (Å²) in [7, 11) is -3.91. The SMILES string of the molecule is CCC(N)CNS(=O)(=O)c1cccc(Cl)c1F. The van der Waals surface area contributed by atoms with E-state index in [2.05, 4.69) is 4.72 Å². The zero-order valence-electron chi connectivity index (χ0n) is 9.28. The molecule has 1 atom stereocenters. The lowest BCUT2D eigenvalue weighted by Gasteiger charge is -2.11. The molecular formula is C10H14ClFN2O2S. The number of hydrogen-bond donors (Lipinski definition) is 2. The smallest absolute Gasteiger partial charge is 0.243 e. The largest absolute Gasteiger partial charge is 0.327 e. The molecule has 0 fully saturated rings. The molecule has 0 aliphatic carbocycles. The summed E-state index contributed by atoms with van der Waals surface area (Å²) < 4.78 is 39.3. The first-order chi connectivity index (χ1) is 7.88. The molecule has 4 nitrogen and oxygen atoms in total. The van der Waals surface area contributed by atoms with Gasteiger partial charge in [0.1, 0.15) is 4.90 Å². The lowest BCUT2D eigenvalue weighted by Crippen LogP contribution is -2.37. The number of nitrogens with one attached hydrogen (secondary N) is 1. The molecule has 1 aromatic carbocycles. The van der Waals surface area contributed by atoms with Crippen LogP contribution in [-0.4, -0.2) is 21.0 Å². The fraction of sp³-hybridized carbons (Fsp3) is 0.400. The minimum atomic E-state index is -3.91. The Morgan fingerprint density at radius 2 is 2.18 bits per heavy atom. The molecular weight excluding hydrogens is 267 g/mol. The molecule has 0 amide bonds. The van der Waals surface area contributed by atoms with E-state index in [4.69, 9.17) is 17.3 Å². The molecule has 0 radical (unpaired) electrons. The van der Waals surface area contributed by atoms with Crippen molar-refractivity contribution in [2.75, 3.05) is 6.54 Å². The number of benzene rings is 1. The van der Waals surface area contributed by atoms with Crippen LogP contribution in [0.15, 0.2) is 23.1 Å². The Morgan fingerprint density at radius 3 is 2.76 bits per heavy atom. The zero-order valence-corrected chi connectivity index (χ0v) is 10.9. The van der Waals surface area contributed by atoms with Crippen LogP contribution in [-0.2, 0) is 10.0 Å². The molecule has 0 heterocycles. The van der Waals surface area contributed by atoms with E-state index in [1.165, 1.54) is 12.1 Å². The molecule has 96 valence electrons. The van der Waals surface area contributed by atoms with Crippen molar-refractivity contribution in [2.45, 2.75) is 24.3 Å². The molecule has 7 heteroatoms. The lowest BCUT2D eigenvalue weighted by atomic mass is 10.2. The molecule has 1 aromatic rings. The van der Waals surface area contributed by atoms with Gasteiger partial charge in [0.15, 0.2) is 5.82 Å². The second kappa shape index (κ2) is 5.77. The first kappa shape index (κ1) is 14.4. The molecule has 1 unspecified atom stereocenters. The van der Waals surface area contributed by atoms with Crippen LogP contribution in [0.2, 0.25) is 5.02 Å². The van der Waals surface area contributed by atoms with Gasteiger partial charge in [-0.25, -0.2) is 17.5 Å². The van der Waals surface area contributed by atoms with Crippen molar-refractivity contribution in [3.05, 3.63) is 29.0 Å². The van der Waals surface area contributed by atoms with Crippen LogP contribution in [0, 0.1) is 5.82 Å². The van der Waals surface area contributed by atoms with Crippen LogP contribution < -0.4 is 10.5 Å². The van der Waals surface area contributed by atoms with Gasteiger partial charge in [-0.15, -0.1) is 0 Å². The van der Waals surface area contributed by atoms with Gasteiger partial charge in [-0.2, -0.15) is 0 Å². The highest BCUT2D eigenvalue weighted by molar-refractivity contribution is 7.89. The van der Waals surface area contributed by atoms with E-state index >= 15 is 0 Å². The molecule has 0 saturated carbocycles. The van der Waals surface area contributed by atoms with Gasteiger partial charge in [-0.3, -0.25) is 0 Å². The molecule has 0 spiro atoms. The maximum Gasteiger partial charge on any atom is 0.243 e. The Kier molecular flexibility index (Phi) is 4.88. The van der Waals surface area contributed by atoms with Crippen LogP contribution in [0.4, 0.5) is 4.39 Å². The first-order valence-corrected chi connectivity index (χ1v) is 6.94. The number of rotatable bonds is 5. The van der Waals surface area contributed by atoms with E-state index in [1.807, 2.05) is 6.92 Å². The molecule has 0 aromatic heterocycles. The Hall–Kier alpha value is -0.690. The number of nitrogens with two attached hydrogens (primary N) is 1. The molecule has 0 bridgehead atoms. The molecule has 3 N–H and O–H groups in total. The van der Waals surface area contributed by atoms with Gasteiger partial charge in [0.25, 0.3) is 0 Å². The van der Waals surface area contributed by atoms with Crippen molar-refractivity contribution in [3.63, 3.8) is 0 Å². The van der Waals surface area contributed by atoms with Crippen molar-refractivity contribution in [3.8, 4) is 0 Å².